The van der Waals surface area contributed by atoms with Crippen LogP contribution in [0.25, 0.3) is 0 Å². The summed E-state index contributed by atoms with van der Waals surface area (Å²) >= 11 is 1.64. The van der Waals surface area contributed by atoms with Gasteiger partial charge in [0.15, 0.2) is 4.80 Å². The molecule has 1 aromatic carbocycles. The number of benzene rings is 1. The number of carbonyl (C=O) groups is 1. The standard InChI is InChI=1S/C19H25N3OS/c1-14-8-10-16(11-9-14)20-18(23)12-17-13-24-19(22(17)2)21-15-6-4-3-5-7-15/h8-11,13,15H,3-7,12H2,1-2H3,(H,20,23). The quantitative estimate of drug-likeness (QED) is 0.901. The van der Waals surface area contributed by atoms with Crippen molar-refractivity contribution in [2.75, 3.05) is 5.32 Å². The third-order valence-corrected chi connectivity index (χ3v) is 5.54. The van der Waals surface area contributed by atoms with Gasteiger partial charge >= 0.3 is 0 Å². The summed E-state index contributed by atoms with van der Waals surface area (Å²) in [6.07, 6.45) is 6.68. The summed E-state index contributed by atoms with van der Waals surface area (Å²) in [5, 5.41) is 5.01. The Balaban J connectivity index is 1.66. The van der Waals surface area contributed by atoms with E-state index in [-0.39, 0.29) is 5.91 Å². The third kappa shape index (κ3) is 4.35. The highest BCUT2D eigenvalue weighted by Gasteiger charge is 2.13. The van der Waals surface area contributed by atoms with Gasteiger partial charge in [-0.1, -0.05) is 37.0 Å². The van der Waals surface area contributed by atoms with Gasteiger partial charge in [0.25, 0.3) is 0 Å². The zero-order valence-corrected chi connectivity index (χ0v) is 15.2. The van der Waals surface area contributed by atoms with Crippen LogP contribution in [-0.2, 0) is 18.3 Å². The van der Waals surface area contributed by atoms with E-state index in [4.69, 9.17) is 4.99 Å². The number of amides is 1. The Morgan fingerprint density at radius 3 is 2.67 bits per heavy atom. The maximum atomic E-state index is 12.3. The maximum absolute atomic E-state index is 12.3. The van der Waals surface area contributed by atoms with E-state index in [1.807, 2.05) is 38.2 Å². The van der Waals surface area contributed by atoms with Crippen molar-refractivity contribution in [2.24, 2.45) is 12.0 Å². The van der Waals surface area contributed by atoms with Gasteiger partial charge in [0.2, 0.25) is 5.91 Å². The van der Waals surface area contributed by atoms with E-state index in [9.17, 15) is 4.79 Å². The van der Waals surface area contributed by atoms with Crippen LogP contribution in [0.1, 0.15) is 43.4 Å². The minimum Gasteiger partial charge on any atom is -0.326 e. The molecule has 24 heavy (non-hydrogen) atoms. The molecule has 1 heterocycles. The topological polar surface area (TPSA) is 46.4 Å². The lowest BCUT2D eigenvalue weighted by molar-refractivity contribution is -0.115. The van der Waals surface area contributed by atoms with Crippen molar-refractivity contribution in [1.82, 2.24) is 4.57 Å². The van der Waals surface area contributed by atoms with Crippen molar-refractivity contribution in [2.45, 2.75) is 51.5 Å². The van der Waals surface area contributed by atoms with Gasteiger partial charge in [-0.3, -0.25) is 9.79 Å². The van der Waals surface area contributed by atoms with Crippen LogP contribution in [0.2, 0.25) is 0 Å². The van der Waals surface area contributed by atoms with E-state index in [1.54, 1.807) is 11.3 Å². The van der Waals surface area contributed by atoms with Gasteiger partial charge in [0.05, 0.1) is 12.5 Å². The summed E-state index contributed by atoms with van der Waals surface area (Å²) in [7, 11) is 2.01. The Hall–Kier alpha value is -1.88. The number of hydrogen-bond donors (Lipinski definition) is 1. The lowest BCUT2D eigenvalue weighted by atomic mass is 9.96. The Bertz CT molecular complexity index is 752. The number of anilines is 1. The van der Waals surface area contributed by atoms with Crippen molar-refractivity contribution >= 4 is 22.9 Å². The molecule has 128 valence electrons. The van der Waals surface area contributed by atoms with Crippen LogP contribution in [0.3, 0.4) is 0 Å². The number of aromatic nitrogens is 1. The number of nitrogens with zero attached hydrogens (tertiary/aromatic N) is 2. The molecule has 0 bridgehead atoms. The van der Waals surface area contributed by atoms with Crippen LogP contribution in [0, 0.1) is 6.92 Å². The summed E-state index contributed by atoms with van der Waals surface area (Å²) in [6.45, 7) is 2.04. The number of nitrogens with one attached hydrogen (secondary N) is 1. The largest absolute Gasteiger partial charge is 0.326 e. The second kappa shape index (κ2) is 7.79. The lowest BCUT2D eigenvalue weighted by Gasteiger charge is -2.16. The second-order valence-electron chi connectivity index (χ2n) is 6.58. The Kier molecular flexibility index (Phi) is 5.51. The number of aryl methyl sites for hydroxylation is 1. The number of hydrogen-bond acceptors (Lipinski definition) is 3. The monoisotopic (exact) mass is 343 g/mol. The smallest absolute Gasteiger partial charge is 0.230 e. The highest BCUT2D eigenvalue weighted by Crippen LogP contribution is 2.20. The fourth-order valence-electron chi connectivity index (χ4n) is 3.05. The molecule has 4 nitrogen and oxygen atoms in total. The molecule has 1 aliphatic carbocycles. The van der Waals surface area contributed by atoms with Crippen LogP contribution >= 0.6 is 11.3 Å². The number of rotatable bonds is 4. The fraction of sp³-hybridized carbons (Fsp3) is 0.474. The van der Waals surface area contributed by atoms with Crippen LogP contribution in [-0.4, -0.2) is 16.5 Å². The van der Waals surface area contributed by atoms with Crippen LogP contribution in [0.4, 0.5) is 5.69 Å². The lowest BCUT2D eigenvalue weighted by Crippen LogP contribution is -2.22. The summed E-state index contributed by atoms with van der Waals surface area (Å²) in [6, 6.07) is 8.33. The number of carbonyl (C=O) groups excluding carboxylic acids is 1. The number of thiazole rings is 1. The van der Waals surface area contributed by atoms with E-state index in [0.717, 1.165) is 16.2 Å². The molecule has 1 fully saturated rings. The van der Waals surface area contributed by atoms with Gasteiger partial charge in [-0.05, 0) is 31.9 Å². The fourth-order valence-corrected chi connectivity index (χ4v) is 4.02. The average Bonchev–Trinajstić information content (AvgIpc) is 2.91. The van der Waals surface area contributed by atoms with Gasteiger partial charge in [0, 0.05) is 23.8 Å². The predicted octanol–water partition coefficient (Wildman–Crippen LogP) is 3.81. The molecule has 0 unspecified atom stereocenters. The molecule has 1 aliphatic rings. The van der Waals surface area contributed by atoms with Crippen LogP contribution in [0.15, 0.2) is 34.6 Å². The molecule has 5 heteroatoms. The van der Waals surface area contributed by atoms with Crippen LogP contribution in [0.5, 0.6) is 0 Å². The van der Waals surface area contributed by atoms with Gasteiger partial charge in [0.1, 0.15) is 0 Å². The molecule has 0 atom stereocenters. The van der Waals surface area contributed by atoms with Gasteiger partial charge < -0.3 is 9.88 Å². The van der Waals surface area contributed by atoms with Crippen molar-refractivity contribution in [3.8, 4) is 0 Å². The third-order valence-electron chi connectivity index (χ3n) is 4.56. The first-order valence-corrected chi connectivity index (χ1v) is 9.53. The minimum atomic E-state index is 0.0106. The van der Waals surface area contributed by atoms with Crippen molar-refractivity contribution in [1.29, 1.82) is 0 Å². The summed E-state index contributed by atoms with van der Waals surface area (Å²) in [5.74, 6) is 0.0106. The highest BCUT2D eigenvalue weighted by atomic mass is 32.1. The first kappa shape index (κ1) is 17.0. The normalized spacial score (nSPS) is 16.3. The molecular weight excluding hydrogens is 318 g/mol. The van der Waals surface area contributed by atoms with E-state index in [2.05, 4.69) is 15.3 Å². The summed E-state index contributed by atoms with van der Waals surface area (Å²) in [5.41, 5.74) is 3.04. The molecule has 3 rings (SSSR count). The molecule has 2 aromatic rings. The Morgan fingerprint density at radius 2 is 1.96 bits per heavy atom. The molecule has 0 aliphatic heterocycles. The molecular formula is C19H25N3OS. The molecule has 0 radical (unpaired) electrons. The molecule has 1 aromatic heterocycles. The van der Waals surface area contributed by atoms with Crippen molar-refractivity contribution in [3.63, 3.8) is 0 Å². The van der Waals surface area contributed by atoms with Gasteiger partial charge in [-0.2, -0.15) is 0 Å². The highest BCUT2D eigenvalue weighted by molar-refractivity contribution is 7.07. The first-order valence-electron chi connectivity index (χ1n) is 8.65. The maximum Gasteiger partial charge on any atom is 0.230 e. The molecule has 0 saturated heterocycles. The zero-order chi connectivity index (χ0) is 16.9. The minimum absolute atomic E-state index is 0.0106. The Labute approximate surface area is 147 Å². The van der Waals surface area contributed by atoms with E-state index >= 15 is 0 Å². The average molecular weight is 343 g/mol. The second-order valence-corrected chi connectivity index (χ2v) is 7.42. The molecule has 1 N–H and O–H groups in total. The predicted molar refractivity (Wildman–Crippen MR) is 99.2 cm³/mol. The zero-order valence-electron chi connectivity index (χ0n) is 14.4. The van der Waals surface area contributed by atoms with Gasteiger partial charge in [-0.15, -0.1) is 11.3 Å². The molecule has 1 saturated carbocycles. The van der Waals surface area contributed by atoms with Crippen molar-refractivity contribution in [3.05, 3.63) is 45.7 Å². The SMILES string of the molecule is Cc1ccc(NC(=O)Cc2csc(=NC3CCCCC3)n2C)cc1. The van der Waals surface area contributed by atoms with E-state index in [1.165, 1.54) is 37.7 Å². The van der Waals surface area contributed by atoms with E-state index in [0.29, 0.717) is 12.5 Å². The summed E-state index contributed by atoms with van der Waals surface area (Å²) in [4.78, 5) is 18.2. The summed E-state index contributed by atoms with van der Waals surface area (Å²) < 4.78 is 2.06. The Morgan fingerprint density at radius 1 is 1.25 bits per heavy atom. The first-order chi connectivity index (χ1) is 11.6. The van der Waals surface area contributed by atoms with Crippen molar-refractivity contribution < 1.29 is 4.79 Å². The van der Waals surface area contributed by atoms with E-state index < -0.39 is 0 Å². The van der Waals surface area contributed by atoms with Crippen LogP contribution < -0.4 is 10.1 Å². The van der Waals surface area contributed by atoms with Gasteiger partial charge in [-0.25, -0.2) is 0 Å². The molecule has 0 spiro atoms. The molecule has 1 amide bonds.